The van der Waals surface area contributed by atoms with Gasteiger partial charge in [0.2, 0.25) is 5.91 Å². The molecule has 0 saturated carbocycles. The molecule has 17 heavy (non-hydrogen) atoms. The van der Waals surface area contributed by atoms with Crippen molar-refractivity contribution >= 4 is 33.2 Å². The van der Waals surface area contributed by atoms with Crippen LogP contribution >= 0.6 is 27.3 Å². The Balaban J connectivity index is 1.88. The number of carbonyl (C=O) groups is 1. The van der Waals surface area contributed by atoms with Gasteiger partial charge < -0.3 is 15.8 Å². The zero-order chi connectivity index (χ0) is 12.3. The van der Waals surface area contributed by atoms with Crippen molar-refractivity contribution < 1.29 is 9.53 Å². The Hall–Kier alpha value is -0.430. The Bertz CT molecular complexity index is 402. The summed E-state index contributed by atoms with van der Waals surface area (Å²) in [7, 11) is 0. The summed E-state index contributed by atoms with van der Waals surface area (Å²) in [6.07, 6.45) is 1.18. The van der Waals surface area contributed by atoms with Gasteiger partial charge in [-0.15, -0.1) is 11.3 Å². The summed E-state index contributed by atoms with van der Waals surface area (Å²) in [6, 6.07) is 2.00. The molecule has 2 heterocycles. The van der Waals surface area contributed by atoms with Gasteiger partial charge in [-0.1, -0.05) is 0 Å². The summed E-state index contributed by atoms with van der Waals surface area (Å²) in [4.78, 5) is 13.1. The molecule has 1 amide bonds. The quantitative estimate of drug-likeness (QED) is 0.890. The number of halogens is 1. The van der Waals surface area contributed by atoms with Crippen LogP contribution in [0.4, 0.5) is 0 Å². The molecule has 3 N–H and O–H groups in total. The van der Waals surface area contributed by atoms with Gasteiger partial charge in [0.25, 0.3) is 0 Å². The molecule has 4 nitrogen and oxygen atoms in total. The fourth-order valence-electron chi connectivity index (χ4n) is 1.75. The lowest BCUT2D eigenvalue weighted by Gasteiger charge is -2.31. The van der Waals surface area contributed by atoms with E-state index in [2.05, 4.69) is 21.2 Å². The number of hydrogen-bond acceptors (Lipinski definition) is 4. The van der Waals surface area contributed by atoms with Crippen molar-refractivity contribution in [3.05, 3.63) is 20.8 Å². The number of rotatable bonds is 3. The van der Waals surface area contributed by atoms with Crippen molar-refractivity contribution in [3.63, 3.8) is 0 Å². The van der Waals surface area contributed by atoms with E-state index in [9.17, 15) is 4.79 Å². The van der Waals surface area contributed by atoms with Crippen molar-refractivity contribution in [2.45, 2.75) is 24.9 Å². The van der Waals surface area contributed by atoms with Crippen LogP contribution in [0.2, 0.25) is 0 Å². The maximum Gasteiger partial charge on any atom is 0.240 e. The Morgan fingerprint density at radius 2 is 2.29 bits per heavy atom. The maximum absolute atomic E-state index is 12.0. The second-order valence-electron chi connectivity index (χ2n) is 4.18. The van der Waals surface area contributed by atoms with E-state index in [1.807, 2.05) is 11.4 Å². The molecule has 2 rings (SSSR count). The largest absolute Gasteiger partial charge is 0.381 e. The third kappa shape index (κ3) is 3.28. The molecule has 0 atom stereocenters. The summed E-state index contributed by atoms with van der Waals surface area (Å²) in [5.74, 6) is -0.0784. The van der Waals surface area contributed by atoms with Crippen LogP contribution in [0.3, 0.4) is 0 Å². The average Bonchev–Trinajstić information content (AvgIpc) is 2.73. The lowest BCUT2D eigenvalue weighted by Crippen LogP contribution is -2.56. The number of hydrogen-bond donors (Lipinski definition) is 2. The van der Waals surface area contributed by atoms with Crippen LogP contribution in [0.1, 0.15) is 17.7 Å². The minimum atomic E-state index is -0.757. The van der Waals surface area contributed by atoms with E-state index >= 15 is 0 Å². The summed E-state index contributed by atoms with van der Waals surface area (Å²) in [5, 5.41) is 4.89. The summed E-state index contributed by atoms with van der Waals surface area (Å²) in [6.45, 7) is 1.66. The van der Waals surface area contributed by atoms with E-state index in [4.69, 9.17) is 10.5 Å². The van der Waals surface area contributed by atoms with Gasteiger partial charge in [-0.05, 0) is 34.8 Å². The number of thiophene rings is 1. The first-order valence-electron chi connectivity index (χ1n) is 5.48. The highest BCUT2D eigenvalue weighted by Crippen LogP contribution is 2.21. The van der Waals surface area contributed by atoms with Gasteiger partial charge in [-0.3, -0.25) is 4.79 Å². The van der Waals surface area contributed by atoms with Gasteiger partial charge in [0.1, 0.15) is 0 Å². The fraction of sp³-hybridized carbons (Fsp3) is 0.545. The van der Waals surface area contributed by atoms with Crippen LogP contribution in [0.5, 0.6) is 0 Å². The van der Waals surface area contributed by atoms with Crippen LogP contribution in [-0.4, -0.2) is 24.7 Å². The number of nitrogens with one attached hydrogen (secondary N) is 1. The predicted molar refractivity (Wildman–Crippen MR) is 70.8 cm³/mol. The molecule has 1 saturated heterocycles. The Labute approximate surface area is 113 Å². The first-order chi connectivity index (χ1) is 8.10. The lowest BCUT2D eigenvalue weighted by molar-refractivity contribution is -0.129. The van der Waals surface area contributed by atoms with Gasteiger partial charge in [0, 0.05) is 27.9 Å². The van der Waals surface area contributed by atoms with Gasteiger partial charge in [-0.25, -0.2) is 0 Å². The smallest absolute Gasteiger partial charge is 0.240 e. The second kappa shape index (κ2) is 5.48. The molecule has 0 aliphatic carbocycles. The zero-order valence-electron chi connectivity index (χ0n) is 9.37. The molecular formula is C11H15BrN2O2S. The molecule has 0 radical (unpaired) electrons. The molecule has 0 spiro atoms. The second-order valence-corrected chi connectivity index (χ2v) is 6.09. The number of carbonyl (C=O) groups excluding carboxylic acids is 1. The number of amides is 1. The molecule has 1 aromatic heterocycles. The highest BCUT2D eigenvalue weighted by atomic mass is 79.9. The molecule has 1 aliphatic heterocycles. The Morgan fingerprint density at radius 1 is 1.59 bits per heavy atom. The molecule has 94 valence electrons. The highest BCUT2D eigenvalue weighted by Gasteiger charge is 2.35. The topological polar surface area (TPSA) is 64.4 Å². The van der Waals surface area contributed by atoms with Crippen LogP contribution in [0.15, 0.2) is 15.9 Å². The third-order valence-electron chi connectivity index (χ3n) is 2.88. The maximum atomic E-state index is 12.0. The summed E-state index contributed by atoms with van der Waals surface area (Å²) < 4.78 is 6.26. The standard InChI is InChI=1S/C11H15BrN2O2S/c12-8-5-9(17-7-8)6-14-10(15)11(13)1-3-16-4-2-11/h5,7H,1-4,6,13H2,(H,14,15). The van der Waals surface area contributed by atoms with Gasteiger partial charge in [0.05, 0.1) is 12.1 Å². The van der Waals surface area contributed by atoms with Crippen LogP contribution in [0, 0.1) is 0 Å². The first-order valence-corrected chi connectivity index (χ1v) is 7.15. The number of ether oxygens (including phenoxy) is 1. The van der Waals surface area contributed by atoms with E-state index < -0.39 is 5.54 Å². The van der Waals surface area contributed by atoms with Crippen LogP contribution in [0.25, 0.3) is 0 Å². The number of nitrogens with two attached hydrogens (primary N) is 1. The molecule has 1 aliphatic rings. The Kier molecular flexibility index (Phi) is 4.19. The molecule has 6 heteroatoms. The van der Waals surface area contributed by atoms with Gasteiger partial charge >= 0.3 is 0 Å². The van der Waals surface area contributed by atoms with E-state index in [1.54, 1.807) is 11.3 Å². The minimum Gasteiger partial charge on any atom is -0.381 e. The van der Waals surface area contributed by atoms with E-state index in [-0.39, 0.29) is 5.91 Å². The van der Waals surface area contributed by atoms with Crippen LogP contribution in [-0.2, 0) is 16.1 Å². The average molecular weight is 319 g/mol. The normalized spacial score (nSPS) is 18.9. The van der Waals surface area contributed by atoms with Crippen molar-refractivity contribution in [2.24, 2.45) is 5.73 Å². The monoisotopic (exact) mass is 318 g/mol. The van der Waals surface area contributed by atoms with Crippen molar-refractivity contribution in [3.8, 4) is 0 Å². The van der Waals surface area contributed by atoms with Crippen molar-refractivity contribution in [1.29, 1.82) is 0 Å². The Morgan fingerprint density at radius 3 is 2.88 bits per heavy atom. The van der Waals surface area contributed by atoms with Crippen LogP contribution < -0.4 is 11.1 Å². The zero-order valence-corrected chi connectivity index (χ0v) is 11.8. The van der Waals surface area contributed by atoms with E-state index in [0.717, 1.165) is 9.35 Å². The highest BCUT2D eigenvalue weighted by molar-refractivity contribution is 9.10. The lowest BCUT2D eigenvalue weighted by atomic mass is 9.90. The fourth-order valence-corrected chi connectivity index (χ4v) is 3.14. The predicted octanol–water partition coefficient (Wildman–Crippen LogP) is 1.63. The summed E-state index contributed by atoms with van der Waals surface area (Å²) in [5.41, 5.74) is 5.32. The van der Waals surface area contributed by atoms with Crippen molar-refractivity contribution in [1.82, 2.24) is 5.32 Å². The first kappa shape index (κ1) is 13.0. The summed E-state index contributed by atoms with van der Waals surface area (Å²) >= 11 is 4.99. The van der Waals surface area contributed by atoms with Gasteiger partial charge in [-0.2, -0.15) is 0 Å². The third-order valence-corrected chi connectivity index (χ3v) is 4.58. The molecule has 1 aromatic rings. The minimum absolute atomic E-state index is 0.0784. The molecule has 0 unspecified atom stereocenters. The molecule has 0 aromatic carbocycles. The molecule has 1 fully saturated rings. The SMILES string of the molecule is NC1(C(=O)NCc2cc(Br)cs2)CCOCC1. The van der Waals surface area contributed by atoms with Crippen molar-refractivity contribution in [2.75, 3.05) is 13.2 Å². The van der Waals surface area contributed by atoms with Gasteiger partial charge in [0.15, 0.2) is 0 Å². The molecule has 0 bridgehead atoms. The van der Waals surface area contributed by atoms with E-state index in [1.165, 1.54) is 0 Å². The van der Waals surface area contributed by atoms with E-state index in [0.29, 0.717) is 32.6 Å². The molecular weight excluding hydrogens is 304 g/mol.